The first-order valence-corrected chi connectivity index (χ1v) is 11.6. The molecule has 1 heterocycles. The topological polar surface area (TPSA) is 64.9 Å². The van der Waals surface area contributed by atoms with Crippen molar-refractivity contribution in [3.8, 4) is 28.4 Å². The van der Waals surface area contributed by atoms with Crippen LogP contribution in [0, 0.1) is 6.92 Å². The summed E-state index contributed by atoms with van der Waals surface area (Å²) >= 11 is 0. The average molecular weight is 480 g/mol. The van der Waals surface area contributed by atoms with E-state index in [-0.39, 0.29) is 5.91 Å². The molecular weight excluding hydrogens is 450 g/mol. The molecule has 0 unspecified atom stereocenters. The monoisotopic (exact) mass is 479 g/mol. The minimum absolute atomic E-state index is 0.294. The van der Waals surface area contributed by atoms with Crippen LogP contribution >= 0.6 is 0 Å². The summed E-state index contributed by atoms with van der Waals surface area (Å²) in [5, 5.41) is 4.14. The summed E-state index contributed by atoms with van der Waals surface area (Å²) < 4.78 is 13.1. The van der Waals surface area contributed by atoms with Crippen LogP contribution in [-0.2, 0) is 6.42 Å². The van der Waals surface area contributed by atoms with Crippen LogP contribution in [-0.4, -0.2) is 30.9 Å². The molecule has 1 amide bonds. The molecule has 36 heavy (non-hydrogen) atoms. The van der Waals surface area contributed by atoms with Crippen LogP contribution in [0.5, 0.6) is 11.5 Å². The van der Waals surface area contributed by atoms with E-state index in [0.717, 1.165) is 33.8 Å². The first kappa shape index (κ1) is 24.5. The second-order valence-corrected chi connectivity index (χ2v) is 8.22. The van der Waals surface area contributed by atoms with E-state index in [2.05, 4.69) is 52.9 Å². The molecule has 0 bridgehead atoms. The van der Waals surface area contributed by atoms with Crippen molar-refractivity contribution in [2.75, 3.05) is 14.2 Å². The zero-order valence-electron chi connectivity index (χ0n) is 20.7. The number of carbonyl (C=O) groups excluding carboxylic acids is 1. The number of hydrogen-bond donors (Lipinski definition) is 1. The van der Waals surface area contributed by atoms with Crippen LogP contribution < -0.4 is 14.9 Å². The number of ether oxygens (including phenoxy) is 2. The van der Waals surface area contributed by atoms with Gasteiger partial charge in [-0.15, -0.1) is 6.58 Å². The molecule has 4 rings (SSSR count). The molecule has 0 aliphatic rings. The Hall–Kier alpha value is -4.58. The van der Waals surface area contributed by atoms with Gasteiger partial charge in [-0.3, -0.25) is 4.79 Å². The maximum absolute atomic E-state index is 12.7. The summed E-state index contributed by atoms with van der Waals surface area (Å²) in [6, 6.07) is 25.6. The van der Waals surface area contributed by atoms with Gasteiger partial charge in [0.2, 0.25) is 0 Å². The van der Waals surface area contributed by atoms with E-state index < -0.39 is 0 Å². The van der Waals surface area contributed by atoms with E-state index in [0.29, 0.717) is 23.5 Å². The van der Waals surface area contributed by atoms with E-state index in [4.69, 9.17) is 9.47 Å². The van der Waals surface area contributed by atoms with Gasteiger partial charge in [-0.2, -0.15) is 5.10 Å². The van der Waals surface area contributed by atoms with Crippen LogP contribution in [0.25, 0.3) is 16.9 Å². The van der Waals surface area contributed by atoms with Crippen LogP contribution in [0.4, 0.5) is 0 Å². The highest BCUT2D eigenvalue weighted by Crippen LogP contribution is 2.32. The van der Waals surface area contributed by atoms with Gasteiger partial charge in [-0.25, -0.2) is 5.43 Å². The molecule has 0 aliphatic carbocycles. The second-order valence-electron chi connectivity index (χ2n) is 8.22. The predicted molar refractivity (Wildman–Crippen MR) is 144 cm³/mol. The number of hydrazone groups is 1. The number of nitrogens with zero attached hydrogens (tertiary/aromatic N) is 2. The maximum Gasteiger partial charge on any atom is 0.271 e. The number of amides is 1. The highest BCUT2D eigenvalue weighted by molar-refractivity contribution is 5.95. The third kappa shape index (κ3) is 5.23. The zero-order valence-corrected chi connectivity index (χ0v) is 20.7. The summed E-state index contributed by atoms with van der Waals surface area (Å²) in [7, 11) is 3.18. The molecule has 0 spiro atoms. The summed E-state index contributed by atoms with van der Waals surface area (Å²) in [4.78, 5) is 12.7. The number of hydrogen-bond acceptors (Lipinski definition) is 4. The number of allylic oxidation sites excluding steroid dienone is 1. The van der Waals surface area contributed by atoms with Crippen molar-refractivity contribution in [3.05, 3.63) is 114 Å². The third-order valence-electron chi connectivity index (χ3n) is 5.86. The molecule has 0 saturated carbocycles. The Balaban J connectivity index is 1.50. The van der Waals surface area contributed by atoms with Crippen molar-refractivity contribution >= 4 is 12.1 Å². The van der Waals surface area contributed by atoms with E-state index in [1.165, 1.54) is 0 Å². The van der Waals surface area contributed by atoms with Gasteiger partial charge in [0.25, 0.3) is 5.91 Å². The highest BCUT2D eigenvalue weighted by Gasteiger charge is 2.12. The van der Waals surface area contributed by atoms with E-state index in [9.17, 15) is 4.79 Å². The van der Waals surface area contributed by atoms with Crippen molar-refractivity contribution in [1.82, 2.24) is 9.99 Å². The van der Waals surface area contributed by atoms with Gasteiger partial charge in [0.1, 0.15) is 0 Å². The molecule has 0 radical (unpaired) electrons. The van der Waals surface area contributed by atoms with Crippen molar-refractivity contribution in [2.24, 2.45) is 5.10 Å². The van der Waals surface area contributed by atoms with Crippen molar-refractivity contribution in [1.29, 1.82) is 0 Å². The van der Waals surface area contributed by atoms with E-state index >= 15 is 0 Å². The quantitative estimate of drug-likeness (QED) is 0.183. The van der Waals surface area contributed by atoms with E-state index in [1.807, 2.05) is 36.4 Å². The molecule has 3 aromatic carbocycles. The Morgan fingerprint density at radius 2 is 1.75 bits per heavy atom. The Bertz CT molecular complexity index is 1390. The Kier molecular flexibility index (Phi) is 7.66. The molecule has 182 valence electrons. The minimum atomic E-state index is -0.294. The Labute approximate surface area is 211 Å². The normalized spacial score (nSPS) is 10.9. The summed E-state index contributed by atoms with van der Waals surface area (Å²) in [6.45, 7) is 5.86. The number of aryl methyl sites for hydroxylation is 1. The number of rotatable bonds is 9. The fourth-order valence-corrected chi connectivity index (χ4v) is 4.16. The van der Waals surface area contributed by atoms with Gasteiger partial charge in [0.05, 0.1) is 26.1 Å². The van der Waals surface area contributed by atoms with Gasteiger partial charge >= 0.3 is 0 Å². The number of methoxy groups -OCH3 is 2. The standard InChI is InChI=1S/C30H29N3O3/c1-5-9-25-18-22(19-28(35-3)29(25)36-4)20-31-32-30(34)24-13-15-26(16-14-24)33-21(2)12-17-27(33)23-10-7-6-8-11-23/h5-8,10-20H,1,9H2,2-4H3,(H,32,34)/b31-20+. The minimum Gasteiger partial charge on any atom is -0.493 e. The first-order chi connectivity index (χ1) is 17.5. The molecule has 0 atom stereocenters. The van der Waals surface area contributed by atoms with E-state index in [1.54, 1.807) is 44.7 Å². The smallest absolute Gasteiger partial charge is 0.271 e. The van der Waals surface area contributed by atoms with Crippen LogP contribution in [0.3, 0.4) is 0 Å². The van der Waals surface area contributed by atoms with Crippen molar-refractivity contribution in [3.63, 3.8) is 0 Å². The van der Waals surface area contributed by atoms with Gasteiger partial charge in [0.15, 0.2) is 11.5 Å². The summed E-state index contributed by atoms with van der Waals surface area (Å²) in [6.07, 6.45) is 3.99. The molecule has 0 aliphatic heterocycles. The predicted octanol–water partition coefficient (Wildman–Crippen LogP) is 5.96. The molecular formula is C30H29N3O3. The SMILES string of the molecule is C=CCc1cc(/C=N/NC(=O)c2ccc(-n3c(C)ccc3-c3ccccc3)cc2)cc(OC)c1OC. The third-order valence-corrected chi connectivity index (χ3v) is 5.86. The van der Waals surface area contributed by atoms with Gasteiger partial charge in [0, 0.05) is 22.5 Å². The first-order valence-electron chi connectivity index (χ1n) is 11.6. The molecule has 6 heteroatoms. The van der Waals surface area contributed by atoms with Crippen LogP contribution in [0.2, 0.25) is 0 Å². The fraction of sp³-hybridized carbons (Fsp3) is 0.133. The number of carbonyl (C=O) groups is 1. The molecule has 0 saturated heterocycles. The molecule has 0 fully saturated rings. The van der Waals surface area contributed by atoms with Crippen LogP contribution in [0.15, 0.2) is 96.6 Å². The Morgan fingerprint density at radius 3 is 2.42 bits per heavy atom. The van der Waals surface area contributed by atoms with Crippen LogP contribution in [0.1, 0.15) is 27.2 Å². The molecule has 1 N–H and O–H groups in total. The van der Waals surface area contributed by atoms with Gasteiger partial charge in [-0.1, -0.05) is 36.4 Å². The lowest BCUT2D eigenvalue weighted by Crippen LogP contribution is -2.17. The fourth-order valence-electron chi connectivity index (χ4n) is 4.16. The summed E-state index contributed by atoms with van der Waals surface area (Å²) in [5.41, 5.74) is 9.14. The lowest BCUT2D eigenvalue weighted by Gasteiger charge is -2.13. The Morgan fingerprint density at radius 1 is 1.00 bits per heavy atom. The molecule has 1 aromatic heterocycles. The molecule has 4 aromatic rings. The summed E-state index contributed by atoms with van der Waals surface area (Å²) in [5.74, 6) is 0.958. The molecule has 6 nitrogen and oxygen atoms in total. The number of nitrogens with one attached hydrogen (secondary N) is 1. The number of benzene rings is 3. The maximum atomic E-state index is 12.7. The van der Waals surface area contributed by atoms with Gasteiger partial charge < -0.3 is 14.0 Å². The zero-order chi connectivity index (χ0) is 25.5. The lowest BCUT2D eigenvalue weighted by atomic mass is 10.1. The number of aromatic nitrogens is 1. The van der Waals surface area contributed by atoms with Gasteiger partial charge in [-0.05, 0) is 73.0 Å². The lowest BCUT2D eigenvalue weighted by molar-refractivity contribution is 0.0955. The average Bonchev–Trinajstić information content (AvgIpc) is 3.30. The van der Waals surface area contributed by atoms with Crippen molar-refractivity contribution < 1.29 is 14.3 Å². The second kappa shape index (κ2) is 11.2. The highest BCUT2D eigenvalue weighted by atomic mass is 16.5. The largest absolute Gasteiger partial charge is 0.493 e. The van der Waals surface area contributed by atoms with Crippen molar-refractivity contribution in [2.45, 2.75) is 13.3 Å².